The lowest BCUT2D eigenvalue weighted by molar-refractivity contribution is 0.242. The van der Waals surface area contributed by atoms with Gasteiger partial charge in [-0.2, -0.15) is 0 Å². The maximum atomic E-state index is 5.63. The van der Waals surface area contributed by atoms with Crippen molar-refractivity contribution in [3.05, 3.63) is 24.3 Å². The standard InChI is InChI=1S/C14H21NOS/c1-11(2)16-13-4-6-14(7-5-13)17-15-9-8-12(3)10-15/h4-7,11-12H,8-10H2,1-3H3/t12-/m0/s1. The van der Waals surface area contributed by atoms with Crippen LogP contribution in [0.25, 0.3) is 0 Å². The summed E-state index contributed by atoms with van der Waals surface area (Å²) in [6.45, 7) is 8.83. The lowest BCUT2D eigenvalue weighted by atomic mass is 10.2. The molecule has 1 fully saturated rings. The van der Waals surface area contributed by atoms with E-state index in [-0.39, 0.29) is 6.10 Å². The highest BCUT2D eigenvalue weighted by atomic mass is 32.2. The molecule has 1 heterocycles. The minimum Gasteiger partial charge on any atom is -0.491 e. The number of ether oxygens (including phenoxy) is 1. The summed E-state index contributed by atoms with van der Waals surface area (Å²) < 4.78 is 8.08. The summed E-state index contributed by atoms with van der Waals surface area (Å²) in [5.41, 5.74) is 0. The van der Waals surface area contributed by atoms with Gasteiger partial charge in [-0.05, 0) is 62.4 Å². The largest absolute Gasteiger partial charge is 0.491 e. The molecule has 3 heteroatoms. The predicted octanol–water partition coefficient (Wildman–Crippen LogP) is 3.82. The van der Waals surface area contributed by atoms with E-state index in [1.807, 2.05) is 25.8 Å². The number of benzene rings is 1. The molecular formula is C14H21NOS. The topological polar surface area (TPSA) is 12.5 Å². The van der Waals surface area contributed by atoms with E-state index in [4.69, 9.17) is 4.74 Å². The fraction of sp³-hybridized carbons (Fsp3) is 0.571. The molecule has 2 rings (SSSR count). The molecule has 0 spiro atoms. The van der Waals surface area contributed by atoms with Crippen molar-refractivity contribution in [2.45, 2.75) is 38.2 Å². The highest BCUT2D eigenvalue weighted by Gasteiger charge is 2.19. The van der Waals surface area contributed by atoms with E-state index in [1.165, 1.54) is 24.4 Å². The Morgan fingerprint density at radius 2 is 2.00 bits per heavy atom. The molecule has 1 aliphatic heterocycles. The summed E-state index contributed by atoms with van der Waals surface area (Å²) in [6.07, 6.45) is 1.56. The highest BCUT2D eigenvalue weighted by molar-refractivity contribution is 7.97. The van der Waals surface area contributed by atoms with Crippen LogP contribution < -0.4 is 4.74 Å². The van der Waals surface area contributed by atoms with Crippen LogP contribution in [0, 0.1) is 5.92 Å². The third-order valence-corrected chi connectivity index (χ3v) is 3.89. The van der Waals surface area contributed by atoms with Crippen molar-refractivity contribution >= 4 is 11.9 Å². The molecule has 1 aliphatic rings. The molecule has 0 bridgehead atoms. The molecule has 0 saturated carbocycles. The van der Waals surface area contributed by atoms with Crippen molar-refractivity contribution in [1.29, 1.82) is 0 Å². The predicted molar refractivity (Wildman–Crippen MR) is 73.4 cm³/mol. The van der Waals surface area contributed by atoms with Crippen molar-refractivity contribution in [3.63, 3.8) is 0 Å². The van der Waals surface area contributed by atoms with Gasteiger partial charge in [0.1, 0.15) is 5.75 Å². The van der Waals surface area contributed by atoms with Crippen molar-refractivity contribution in [3.8, 4) is 5.75 Å². The Kier molecular flexibility index (Phi) is 4.35. The maximum absolute atomic E-state index is 5.63. The van der Waals surface area contributed by atoms with Gasteiger partial charge in [-0.1, -0.05) is 6.92 Å². The lowest BCUT2D eigenvalue weighted by Crippen LogP contribution is -2.10. The third kappa shape index (κ3) is 3.93. The molecule has 0 aliphatic carbocycles. The average Bonchev–Trinajstić information content (AvgIpc) is 2.66. The molecule has 0 aromatic heterocycles. The quantitative estimate of drug-likeness (QED) is 0.755. The van der Waals surface area contributed by atoms with Crippen LogP contribution >= 0.6 is 11.9 Å². The first-order chi connectivity index (χ1) is 8.13. The Balaban J connectivity index is 1.89. The monoisotopic (exact) mass is 251 g/mol. The van der Waals surface area contributed by atoms with Crippen LogP contribution in [0.2, 0.25) is 0 Å². The molecule has 2 nitrogen and oxygen atoms in total. The second-order valence-electron chi connectivity index (χ2n) is 5.01. The van der Waals surface area contributed by atoms with E-state index < -0.39 is 0 Å². The van der Waals surface area contributed by atoms with Gasteiger partial charge in [-0.25, -0.2) is 4.31 Å². The van der Waals surface area contributed by atoms with Gasteiger partial charge in [-0.3, -0.25) is 0 Å². The van der Waals surface area contributed by atoms with E-state index in [1.54, 1.807) is 0 Å². The minimum atomic E-state index is 0.243. The molecule has 1 aromatic rings. The zero-order valence-corrected chi connectivity index (χ0v) is 11.7. The van der Waals surface area contributed by atoms with Crippen molar-refractivity contribution in [1.82, 2.24) is 4.31 Å². The van der Waals surface area contributed by atoms with E-state index in [9.17, 15) is 0 Å². The summed E-state index contributed by atoms with van der Waals surface area (Å²) in [5.74, 6) is 1.80. The molecule has 1 aromatic carbocycles. The number of hydrogen-bond acceptors (Lipinski definition) is 3. The molecule has 0 radical (unpaired) electrons. The number of rotatable bonds is 4. The molecular weight excluding hydrogens is 230 g/mol. The van der Waals surface area contributed by atoms with Gasteiger partial charge in [0, 0.05) is 18.0 Å². The second kappa shape index (κ2) is 5.78. The van der Waals surface area contributed by atoms with Crippen molar-refractivity contribution in [2.75, 3.05) is 13.1 Å². The molecule has 0 amide bonds. The first-order valence-corrected chi connectivity index (χ1v) is 7.10. The highest BCUT2D eigenvalue weighted by Crippen LogP contribution is 2.30. The molecule has 0 N–H and O–H groups in total. The fourth-order valence-electron chi connectivity index (χ4n) is 1.98. The third-order valence-electron chi connectivity index (χ3n) is 2.82. The zero-order valence-electron chi connectivity index (χ0n) is 10.8. The summed E-state index contributed by atoms with van der Waals surface area (Å²) in [7, 11) is 0. The van der Waals surface area contributed by atoms with Gasteiger partial charge in [0.2, 0.25) is 0 Å². The van der Waals surface area contributed by atoms with Crippen LogP contribution in [0.5, 0.6) is 5.75 Å². The van der Waals surface area contributed by atoms with Gasteiger partial charge in [0.25, 0.3) is 0 Å². The smallest absolute Gasteiger partial charge is 0.119 e. The first-order valence-electron chi connectivity index (χ1n) is 6.33. The van der Waals surface area contributed by atoms with Crippen LogP contribution in [0.3, 0.4) is 0 Å². The SMILES string of the molecule is CC(C)Oc1ccc(SN2CC[C@H](C)C2)cc1. The van der Waals surface area contributed by atoms with Crippen molar-refractivity contribution in [2.24, 2.45) is 5.92 Å². The van der Waals surface area contributed by atoms with Gasteiger partial charge < -0.3 is 4.74 Å². The van der Waals surface area contributed by atoms with Crippen LogP contribution in [-0.4, -0.2) is 23.5 Å². The fourth-order valence-corrected chi connectivity index (χ4v) is 3.06. The summed E-state index contributed by atoms with van der Waals surface area (Å²) in [4.78, 5) is 1.30. The molecule has 1 saturated heterocycles. The average molecular weight is 251 g/mol. The molecule has 1 atom stereocenters. The Morgan fingerprint density at radius 1 is 1.29 bits per heavy atom. The van der Waals surface area contributed by atoms with Crippen LogP contribution in [-0.2, 0) is 0 Å². The minimum absolute atomic E-state index is 0.243. The van der Waals surface area contributed by atoms with Crippen molar-refractivity contribution < 1.29 is 4.74 Å². The van der Waals surface area contributed by atoms with E-state index in [0.29, 0.717) is 0 Å². The van der Waals surface area contributed by atoms with E-state index in [2.05, 4.69) is 35.5 Å². The molecule has 94 valence electrons. The Morgan fingerprint density at radius 3 is 2.53 bits per heavy atom. The van der Waals surface area contributed by atoms with E-state index in [0.717, 1.165) is 11.7 Å². The zero-order chi connectivity index (χ0) is 12.3. The van der Waals surface area contributed by atoms with Gasteiger partial charge in [0.05, 0.1) is 6.10 Å². The maximum Gasteiger partial charge on any atom is 0.119 e. The van der Waals surface area contributed by atoms with Gasteiger partial charge in [-0.15, -0.1) is 0 Å². The van der Waals surface area contributed by atoms with Crippen LogP contribution in [0.4, 0.5) is 0 Å². The molecule has 17 heavy (non-hydrogen) atoms. The Labute approximate surface area is 108 Å². The Hall–Kier alpha value is -0.670. The summed E-state index contributed by atoms with van der Waals surface area (Å²) >= 11 is 1.86. The van der Waals surface area contributed by atoms with Gasteiger partial charge in [0.15, 0.2) is 0 Å². The lowest BCUT2D eigenvalue weighted by Gasteiger charge is -2.14. The van der Waals surface area contributed by atoms with Crippen LogP contribution in [0.1, 0.15) is 27.2 Å². The van der Waals surface area contributed by atoms with Gasteiger partial charge >= 0.3 is 0 Å². The normalized spacial score (nSPS) is 21.1. The first kappa shape index (κ1) is 12.8. The summed E-state index contributed by atoms with van der Waals surface area (Å²) in [6, 6.07) is 8.40. The van der Waals surface area contributed by atoms with Crippen LogP contribution in [0.15, 0.2) is 29.2 Å². The number of hydrogen-bond donors (Lipinski definition) is 0. The summed E-state index contributed by atoms with van der Waals surface area (Å²) in [5, 5.41) is 0. The van der Waals surface area contributed by atoms with E-state index >= 15 is 0 Å². The molecule has 0 unspecified atom stereocenters. The Bertz CT molecular complexity index is 350. The number of nitrogens with zero attached hydrogens (tertiary/aromatic N) is 1. The second-order valence-corrected chi connectivity index (χ2v) is 6.18.